The third-order valence-electron chi connectivity index (χ3n) is 3.10. The van der Waals surface area contributed by atoms with Crippen molar-refractivity contribution in [2.45, 2.75) is 45.1 Å². The van der Waals surface area contributed by atoms with E-state index < -0.39 is 24.2 Å². The summed E-state index contributed by atoms with van der Waals surface area (Å²) in [7, 11) is 0. The molecule has 120 valence electrons. The van der Waals surface area contributed by atoms with E-state index in [-0.39, 0.29) is 12.7 Å². The third kappa shape index (κ3) is 4.37. The second kappa shape index (κ2) is 7.00. The highest BCUT2D eigenvalue weighted by Crippen LogP contribution is 2.29. The van der Waals surface area contributed by atoms with E-state index in [2.05, 4.69) is 0 Å². The van der Waals surface area contributed by atoms with Crippen LogP contribution in [0.3, 0.4) is 0 Å². The molecule has 0 N–H and O–H groups in total. The molecule has 0 spiro atoms. The Morgan fingerprint density at radius 2 is 2.00 bits per heavy atom. The van der Waals surface area contributed by atoms with Crippen LogP contribution in [0.4, 0.5) is 0 Å². The van der Waals surface area contributed by atoms with Crippen LogP contribution in [0.5, 0.6) is 0 Å². The number of esters is 1. The van der Waals surface area contributed by atoms with E-state index in [9.17, 15) is 9.59 Å². The van der Waals surface area contributed by atoms with Gasteiger partial charge in [-0.2, -0.15) is 0 Å². The molecule has 1 heterocycles. The molecule has 1 aromatic carbocycles. The number of benzene rings is 1. The largest absolute Gasteiger partial charge is 0.459 e. The summed E-state index contributed by atoms with van der Waals surface area (Å²) < 4.78 is 21.7. The van der Waals surface area contributed by atoms with Crippen molar-refractivity contribution in [2.24, 2.45) is 0 Å². The van der Waals surface area contributed by atoms with Gasteiger partial charge >= 0.3 is 5.97 Å². The zero-order valence-corrected chi connectivity index (χ0v) is 12.9. The number of hydrogen-bond acceptors (Lipinski definition) is 6. The number of ether oxygens (including phenoxy) is 4. The van der Waals surface area contributed by atoms with Crippen LogP contribution in [-0.4, -0.2) is 43.1 Å². The van der Waals surface area contributed by atoms with E-state index in [0.717, 1.165) is 0 Å². The molecule has 6 nitrogen and oxygen atoms in total. The first-order valence-corrected chi connectivity index (χ1v) is 7.10. The van der Waals surface area contributed by atoms with Crippen LogP contribution in [0, 0.1) is 0 Å². The normalized spacial score (nSPS) is 24.7. The van der Waals surface area contributed by atoms with Crippen molar-refractivity contribution in [3.63, 3.8) is 0 Å². The molecule has 2 rings (SSSR count). The number of carbonyl (C=O) groups is 2. The van der Waals surface area contributed by atoms with Crippen LogP contribution in [-0.2, 0) is 23.7 Å². The molecule has 1 saturated heterocycles. The highest BCUT2D eigenvalue weighted by atomic mass is 16.8. The van der Waals surface area contributed by atoms with Gasteiger partial charge in [0.15, 0.2) is 18.4 Å². The second-order valence-electron chi connectivity index (χ2n) is 5.48. The van der Waals surface area contributed by atoms with Crippen LogP contribution in [0.1, 0.15) is 31.1 Å². The number of carbonyl (C=O) groups excluding carboxylic acids is 2. The van der Waals surface area contributed by atoms with Crippen molar-refractivity contribution >= 4 is 12.3 Å². The lowest BCUT2D eigenvalue weighted by Crippen LogP contribution is -2.33. The van der Waals surface area contributed by atoms with Gasteiger partial charge < -0.3 is 23.7 Å². The Labute approximate surface area is 129 Å². The van der Waals surface area contributed by atoms with Crippen molar-refractivity contribution in [1.29, 1.82) is 0 Å². The van der Waals surface area contributed by atoms with Crippen molar-refractivity contribution in [1.82, 2.24) is 0 Å². The highest BCUT2D eigenvalue weighted by molar-refractivity contribution is 5.89. The average molecular weight is 308 g/mol. The van der Waals surface area contributed by atoms with Gasteiger partial charge in [0.25, 0.3) is 0 Å². The second-order valence-corrected chi connectivity index (χ2v) is 5.48. The first kappa shape index (κ1) is 16.6. The molecule has 1 aliphatic rings. The van der Waals surface area contributed by atoms with Crippen molar-refractivity contribution in [3.8, 4) is 0 Å². The standard InChI is InChI=1S/C16H20O6/c1-11-15(22-16(2,3)21-11)20-13(9-17)10-19-14(18)12-7-5-4-6-8-12/h4-9,11,13,15H,10H2,1-3H3. The smallest absolute Gasteiger partial charge is 0.338 e. The zero-order chi connectivity index (χ0) is 16.2. The highest BCUT2D eigenvalue weighted by Gasteiger charge is 2.40. The first-order valence-electron chi connectivity index (χ1n) is 7.10. The Morgan fingerprint density at radius 3 is 2.55 bits per heavy atom. The van der Waals surface area contributed by atoms with Crippen molar-refractivity contribution in [2.75, 3.05) is 6.61 Å². The Morgan fingerprint density at radius 1 is 1.32 bits per heavy atom. The van der Waals surface area contributed by atoms with E-state index >= 15 is 0 Å². The minimum absolute atomic E-state index is 0.176. The fourth-order valence-corrected chi connectivity index (χ4v) is 2.14. The molecule has 1 aliphatic heterocycles. The number of aldehydes is 1. The van der Waals surface area contributed by atoms with Gasteiger partial charge in [-0.15, -0.1) is 0 Å². The molecular weight excluding hydrogens is 288 g/mol. The third-order valence-corrected chi connectivity index (χ3v) is 3.10. The van der Waals surface area contributed by atoms with Gasteiger partial charge in [-0.05, 0) is 32.9 Å². The first-order chi connectivity index (χ1) is 10.4. The molecule has 0 aliphatic carbocycles. The van der Waals surface area contributed by atoms with Crippen LogP contribution < -0.4 is 0 Å². The quantitative estimate of drug-likeness (QED) is 0.590. The van der Waals surface area contributed by atoms with Crippen LogP contribution in [0.2, 0.25) is 0 Å². The fourth-order valence-electron chi connectivity index (χ4n) is 2.14. The van der Waals surface area contributed by atoms with Gasteiger partial charge in [-0.25, -0.2) is 4.79 Å². The molecule has 1 fully saturated rings. The summed E-state index contributed by atoms with van der Waals surface area (Å²) in [6.45, 7) is 5.14. The Bertz CT molecular complexity index is 513. The molecular formula is C16H20O6. The van der Waals surface area contributed by atoms with Crippen LogP contribution in [0.25, 0.3) is 0 Å². The van der Waals surface area contributed by atoms with Gasteiger partial charge in [0.2, 0.25) is 0 Å². The topological polar surface area (TPSA) is 71.1 Å². The van der Waals surface area contributed by atoms with Crippen molar-refractivity contribution < 1.29 is 28.5 Å². The Hall–Kier alpha value is -1.76. The molecule has 3 unspecified atom stereocenters. The maximum Gasteiger partial charge on any atom is 0.338 e. The van der Waals surface area contributed by atoms with Gasteiger partial charge in [-0.3, -0.25) is 0 Å². The molecule has 0 aromatic heterocycles. The lowest BCUT2D eigenvalue weighted by Gasteiger charge is -2.20. The molecule has 6 heteroatoms. The SMILES string of the molecule is CC1OC(C)(C)OC1OC(C=O)COC(=O)c1ccccc1. The molecule has 1 aromatic rings. The zero-order valence-electron chi connectivity index (χ0n) is 12.9. The predicted octanol–water partition coefficient (Wildman–Crippen LogP) is 1.93. The maximum absolute atomic E-state index is 11.8. The van der Waals surface area contributed by atoms with E-state index in [0.29, 0.717) is 11.8 Å². The van der Waals surface area contributed by atoms with E-state index in [4.69, 9.17) is 18.9 Å². The molecule has 0 amide bonds. The minimum Gasteiger partial charge on any atom is -0.459 e. The van der Waals surface area contributed by atoms with Crippen LogP contribution >= 0.6 is 0 Å². The molecule has 0 bridgehead atoms. The number of rotatable bonds is 6. The molecule has 0 saturated carbocycles. The van der Waals surface area contributed by atoms with E-state index in [1.54, 1.807) is 51.1 Å². The summed E-state index contributed by atoms with van der Waals surface area (Å²) in [5.41, 5.74) is 0.419. The fraction of sp³-hybridized carbons (Fsp3) is 0.500. The van der Waals surface area contributed by atoms with Crippen molar-refractivity contribution in [3.05, 3.63) is 35.9 Å². The summed E-state index contributed by atoms with van der Waals surface area (Å²) in [6, 6.07) is 8.54. The van der Waals surface area contributed by atoms with Gasteiger partial charge in [0.05, 0.1) is 5.56 Å². The lowest BCUT2D eigenvalue weighted by atomic mass is 10.2. The maximum atomic E-state index is 11.8. The van der Waals surface area contributed by atoms with E-state index in [1.165, 1.54) is 0 Å². The summed E-state index contributed by atoms with van der Waals surface area (Å²) >= 11 is 0. The molecule has 0 radical (unpaired) electrons. The Balaban J connectivity index is 1.85. The van der Waals surface area contributed by atoms with Crippen LogP contribution in [0.15, 0.2) is 30.3 Å². The monoisotopic (exact) mass is 308 g/mol. The average Bonchev–Trinajstić information content (AvgIpc) is 2.76. The Kier molecular flexibility index (Phi) is 5.28. The molecule has 22 heavy (non-hydrogen) atoms. The summed E-state index contributed by atoms with van der Waals surface area (Å²) in [4.78, 5) is 22.9. The minimum atomic E-state index is -0.905. The van der Waals surface area contributed by atoms with Gasteiger partial charge in [-0.1, -0.05) is 18.2 Å². The van der Waals surface area contributed by atoms with E-state index in [1.807, 2.05) is 0 Å². The van der Waals surface area contributed by atoms with Gasteiger partial charge in [0.1, 0.15) is 18.8 Å². The summed E-state index contributed by atoms with van der Waals surface area (Å²) in [5.74, 6) is -1.27. The summed E-state index contributed by atoms with van der Waals surface area (Å²) in [6.07, 6.45) is -1.32. The lowest BCUT2D eigenvalue weighted by molar-refractivity contribution is -0.206. The number of hydrogen-bond donors (Lipinski definition) is 0. The predicted molar refractivity (Wildman–Crippen MR) is 77.2 cm³/mol. The summed E-state index contributed by atoms with van der Waals surface area (Å²) in [5, 5.41) is 0. The molecule has 3 atom stereocenters. The van der Waals surface area contributed by atoms with Gasteiger partial charge in [0, 0.05) is 0 Å².